The zero-order valence-electron chi connectivity index (χ0n) is 14.9. The van der Waals surface area contributed by atoms with E-state index in [2.05, 4.69) is 0 Å². The molecule has 1 aromatic carbocycles. The average Bonchev–Trinajstić information content (AvgIpc) is 2.54. The summed E-state index contributed by atoms with van der Waals surface area (Å²) in [6.45, 7) is 0.0375. The molecule has 0 atom stereocenters. The van der Waals surface area contributed by atoms with Gasteiger partial charge >= 0.3 is 12.1 Å². The Balaban J connectivity index is 2.21. The molecule has 1 saturated carbocycles. The number of hydrogen-bond acceptors (Lipinski definition) is 4. The molecule has 0 aromatic heterocycles. The minimum atomic E-state index is -4.49. The van der Waals surface area contributed by atoms with Gasteiger partial charge in [0, 0.05) is 12.1 Å². The van der Waals surface area contributed by atoms with Crippen molar-refractivity contribution >= 4 is 11.9 Å². The Morgan fingerprint density at radius 2 is 1.93 bits per heavy atom. The van der Waals surface area contributed by atoms with Crippen molar-refractivity contribution in [3.63, 3.8) is 0 Å². The number of carboxylic acid groups (broad SMARTS) is 1. The van der Waals surface area contributed by atoms with E-state index in [-0.39, 0.29) is 36.1 Å². The van der Waals surface area contributed by atoms with Gasteiger partial charge in [0.05, 0.1) is 6.61 Å². The summed E-state index contributed by atoms with van der Waals surface area (Å²) in [5.74, 6) is -1.63. The lowest BCUT2D eigenvalue weighted by atomic mass is 9.85. The zero-order valence-corrected chi connectivity index (χ0v) is 14.9. The van der Waals surface area contributed by atoms with E-state index >= 15 is 0 Å². The second-order valence-electron chi connectivity index (χ2n) is 6.37. The quantitative estimate of drug-likeness (QED) is 0.701. The highest BCUT2D eigenvalue weighted by Crippen LogP contribution is 2.32. The lowest BCUT2D eigenvalue weighted by Gasteiger charge is -2.33. The Kier molecular flexibility index (Phi) is 6.92. The van der Waals surface area contributed by atoms with Crippen LogP contribution in [-0.2, 0) is 4.79 Å². The number of aliphatic carboxylic acids is 1. The maximum absolute atomic E-state index is 12.9. The molecule has 1 aliphatic rings. The van der Waals surface area contributed by atoms with E-state index in [0.717, 1.165) is 24.2 Å². The number of ether oxygens (including phenoxy) is 2. The largest absolute Gasteiger partial charge is 0.490 e. The summed E-state index contributed by atoms with van der Waals surface area (Å²) in [6, 6.07) is 3.93. The Labute approximate surface area is 154 Å². The van der Waals surface area contributed by atoms with Crippen molar-refractivity contribution in [1.82, 2.24) is 4.90 Å². The van der Waals surface area contributed by atoms with E-state index in [4.69, 9.17) is 14.6 Å². The summed E-state index contributed by atoms with van der Waals surface area (Å²) < 4.78 is 49.1. The van der Waals surface area contributed by atoms with Crippen LogP contribution in [0.25, 0.3) is 0 Å². The predicted octanol–water partition coefficient (Wildman–Crippen LogP) is 3.35. The Hall–Kier alpha value is -2.45. The lowest BCUT2D eigenvalue weighted by molar-refractivity contribution is -0.142. The number of hydrogen-bond donors (Lipinski definition) is 1. The molecule has 1 aromatic rings. The minimum Gasteiger partial charge on any atom is -0.490 e. The van der Waals surface area contributed by atoms with Gasteiger partial charge in [-0.15, -0.1) is 0 Å². The number of benzene rings is 1. The molecule has 0 spiro atoms. The first kappa shape index (κ1) is 20.9. The van der Waals surface area contributed by atoms with E-state index in [0.29, 0.717) is 0 Å². The van der Waals surface area contributed by atoms with Gasteiger partial charge in [0.25, 0.3) is 5.91 Å². The fourth-order valence-electron chi connectivity index (χ4n) is 2.77. The van der Waals surface area contributed by atoms with Crippen LogP contribution in [0.5, 0.6) is 11.5 Å². The second kappa shape index (κ2) is 8.96. The van der Waals surface area contributed by atoms with Gasteiger partial charge in [0.1, 0.15) is 6.54 Å². The van der Waals surface area contributed by atoms with Crippen molar-refractivity contribution in [1.29, 1.82) is 0 Å². The minimum absolute atomic E-state index is 0.0321. The smallest absolute Gasteiger partial charge is 0.406 e. The highest BCUT2D eigenvalue weighted by Gasteiger charge is 2.35. The third-order valence-corrected chi connectivity index (χ3v) is 4.20. The van der Waals surface area contributed by atoms with E-state index in [1.54, 1.807) is 6.92 Å². The van der Waals surface area contributed by atoms with Gasteiger partial charge < -0.3 is 19.5 Å². The number of amides is 1. The fraction of sp³-hybridized carbons (Fsp3) is 0.556. The van der Waals surface area contributed by atoms with Gasteiger partial charge in [-0.05, 0) is 43.9 Å². The highest BCUT2D eigenvalue weighted by atomic mass is 19.4. The van der Waals surface area contributed by atoms with Crippen LogP contribution in [0.3, 0.4) is 0 Å². The predicted molar refractivity (Wildman–Crippen MR) is 90.0 cm³/mol. The highest BCUT2D eigenvalue weighted by molar-refractivity contribution is 5.95. The van der Waals surface area contributed by atoms with Gasteiger partial charge in [-0.25, -0.2) is 4.79 Å². The molecule has 27 heavy (non-hydrogen) atoms. The number of alkyl halides is 3. The maximum atomic E-state index is 12.9. The molecule has 9 heteroatoms. The van der Waals surface area contributed by atoms with E-state index in [9.17, 15) is 22.8 Å². The molecule has 1 amide bonds. The Morgan fingerprint density at radius 1 is 1.22 bits per heavy atom. The van der Waals surface area contributed by atoms with Crippen LogP contribution in [0.2, 0.25) is 0 Å². The zero-order chi connectivity index (χ0) is 20.0. The molecule has 1 aliphatic carbocycles. The first-order valence-corrected chi connectivity index (χ1v) is 8.67. The van der Waals surface area contributed by atoms with Crippen molar-refractivity contribution in [2.24, 2.45) is 5.92 Å². The first-order valence-electron chi connectivity index (χ1n) is 8.67. The first-order chi connectivity index (χ1) is 12.7. The molecular weight excluding hydrogens is 367 g/mol. The summed E-state index contributed by atoms with van der Waals surface area (Å²) in [4.78, 5) is 24.1. The van der Waals surface area contributed by atoms with Crippen LogP contribution in [0.1, 0.15) is 36.5 Å². The van der Waals surface area contributed by atoms with Gasteiger partial charge in [-0.2, -0.15) is 13.2 Å². The number of halogens is 3. The average molecular weight is 389 g/mol. The van der Waals surface area contributed by atoms with Crippen molar-refractivity contribution in [3.8, 4) is 11.5 Å². The summed E-state index contributed by atoms with van der Waals surface area (Å²) >= 11 is 0. The third-order valence-electron chi connectivity index (χ3n) is 4.20. The molecule has 0 bridgehead atoms. The van der Waals surface area contributed by atoms with E-state index < -0.39 is 31.2 Å². The molecule has 1 N–H and O–H groups in total. The summed E-state index contributed by atoms with van der Waals surface area (Å²) in [7, 11) is 0. The van der Waals surface area contributed by atoms with Crippen LogP contribution in [-0.4, -0.2) is 54.4 Å². The third kappa shape index (κ3) is 6.33. The molecule has 2 rings (SSSR count). The standard InChI is InChI=1S/C18H22F3NO5/c1-2-26-15-8-13(6-7-14(15)27-10-16(23)24)17(25)22(11-18(19,20)21)9-12-4-3-5-12/h6-8,12H,2-5,9-11H2,1H3,(H,23,24). The number of rotatable bonds is 9. The van der Waals surface area contributed by atoms with E-state index in [1.165, 1.54) is 18.2 Å². The van der Waals surface area contributed by atoms with Crippen molar-refractivity contribution < 1.29 is 37.3 Å². The van der Waals surface area contributed by atoms with E-state index in [1.807, 2.05) is 0 Å². The summed E-state index contributed by atoms with van der Waals surface area (Å²) in [5, 5.41) is 8.70. The fourth-order valence-corrected chi connectivity index (χ4v) is 2.77. The molecule has 150 valence electrons. The number of nitrogens with zero attached hydrogens (tertiary/aromatic N) is 1. The number of carboxylic acids is 1. The van der Waals surface area contributed by atoms with Crippen LogP contribution in [0.4, 0.5) is 13.2 Å². The van der Waals surface area contributed by atoms with Gasteiger partial charge in [0.2, 0.25) is 0 Å². The van der Waals surface area contributed by atoms with Crippen LogP contribution in [0, 0.1) is 5.92 Å². The molecular formula is C18H22F3NO5. The molecule has 6 nitrogen and oxygen atoms in total. The molecule has 1 fully saturated rings. The van der Waals surface area contributed by atoms with Crippen LogP contribution >= 0.6 is 0 Å². The molecule has 0 unspecified atom stereocenters. The van der Waals surface area contributed by atoms with Crippen molar-refractivity contribution in [2.75, 3.05) is 26.3 Å². The topological polar surface area (TPSA) is 76.1 Å². The Morgan fingerprint density at radius 3 is 2.44 bits per heavy atom. The second-order valence-corrected chi connectivity index (χ2v) is 6.37. The normalized spacial score (nSPS) is 14.4. The Bertz CT molecular complexity index is 673. The summed E-state index contributed by atoms with van der Waals surface area (Å²) in [5.41, 5.74) is 0.0321. The monoisotopic (exact) mass is 389 g/mol. The lowest BCUT2D eigenvalue weighted by Crippen LogP contribution is -2.43. The molecule has 0 radical (unpaired) electrons. The van der Waals surface area contributed by atoms with Crippen LogP contribution in [0.15, 0.2) is 18.2 Å². The molecule has 0 heterocycles. The number of carbonyl (C=O) groups is 2. The molecule has 0 saturated heterocycles. The number of carbonyl (C=O) groups excluding carboxylic acids is 1. The van der Waals surface area contributed by atoms with Crippen molar-refractivity contribution in [3.05, 3.63) is 23.8 Å². The summed E-state index contributed by atoms with van der Waals surface area (Å²) in [6.07, 6.45) is -1.91. The maximum Gasteiger partial charge on any atom is 0.406 e. The van der Waals surface area contributed by atoms with Gasteiger partial charge in [-0.3, -0.25) is 4.79 Å². The molecule has 0 aliphatic heterocycles. The van der Waals surface area contributed by atoms with Crippen molar-refractivity contribution in [2.45, 2.75) is 32.4 Å². The van der Waals surface area contributed by atoms with Gasteiger partial charge in [0.15, 0.2) is 18.1 Å². The van der Waals surface area contributed by atoms with Gasteiger partial charge in [-0.1, -0.05) is 6.42 Å². The van der Waals surface area contributed by atoms with Crippen LogP contribution < -0.4 is 9.47 Å². The SMILES string of the molecule is CCOc1cc(C(=O)N(CC2CCC2)CC(F)(F)F)ccc1OCC(=O)O.